The zero-order valence-electron chi connectivity index (χ0n) is 9.13. The van der Waals surface area contributed by atoms with E-state index in [1.165, 1.54) is 24.3 Å². The Bertz CT molecular complexity index is 213. The Kier molecular flexibility index (Phi) is 4.32. The summed E-state index contributed by atoms with van der Waals surface area (Å²) in [4.78, 5) is 11.6. The molecule has 0 aromatic rings. The van der Waals surface area contributed by atoms with E-state index in [-0.39, 0.29) is 5.91 Å². The van der Waals surface area contributed by atoms with Crippen LogP contribution in [0.3, 0.4) is 0 Å². The van der Waals surface area contributed by atoms with Gasteiger partial charge in [-0.3, -0.25) is 4.79 Å². The van der Waals surface area contributed by atoms with Crippen LogP contribution in [0.1, 0.15) is 32.1 Å². The maximum atomic E-state index is 11.6. The highest BCUT2D eigenvalue weighted by atomic mass is 32.2. The molecule has 0 aromatic heterocycles. The van der Waals surface area contributed by atoms with Crippen molar-refractivity contribution in [1.82, 2.24) is 10.6 Å². The van der Waals surface area contributed by atoms with Crippen LogP contribution >= 0.6 is 11.8 Å². The van der Waals surface area contributed by atoms with Gasteiger partial charge in [0.1, 0.15) is 0 Å². The zero-order chi connectivity index (χ0) is 10.5. The Balaban J connectivity index is 1.54. The summed E-state index contributed by atoms with van der Waals surface area (Å²) in [5.74, 6) is 2.62. The summed E-state index contributed by atoms with van der Waals surface area (Å²) < 4.78 is 0. The van der Waals surface area contributed by atoms with Gasteiger partial charge in [-0.25, -0.2) is 0 Å². The molecule has 2 fully saturated rings. The van der Waals surface area contributed by atoms with Crippen molar-refractivity contribution in [3.63, 3.8) is 0 Å². The number of nitrogens with one attached hydrogen (secondary N) is 2. The molecule has 1 aliphatic heterocycles. The van der Waals surface area contributed by atoms with Gasteiger partial charge in [-0.15, -0.1) is 0 Å². The van der Waals surface area contributed by atoms with Crippen LogP contribution < -0.4 is 10.6 Å². The van der Waals surface area contributed by atoms with Gasteiger partial charge >= 0.3 is 0 Å². The zero-order valence-corrected chi connectivity index (χ0v) is 9.94. The van der Waals surface area contributed by atoms with Gasteiger partial charge in [-0.1, -0.05) is 0 Å². The fraction of sp³-hybridized carbons (Fsp3) is 0.909. The third kappa shape index (κ3) is 4.43. The first-order valence-corrected chi connectivity index (χ1v) is 7.10. The number of thioether (sulfide) groups is 1. The van der Waals surface area contributed by atoms with Crippen molar-refractivity contribution < 1.29 is 4.79 Å². The summed E-state index contributed by atoms with van der Waals surface area (Å²) >= 11 is 1.99. The third-order valence-electron chi connectivity index (χ3n) is 2.95. The lowest BCUT2D eigenvalue weighted by Gasteiger charge is -2.22. The van der Waals surface area contributed by atoms with Crippen molar-refractivity contribution >= 4 is 17.7 Å². The number of carbonyl (C=O) groups is 1. The van der Waals surface area contributed by atoms with Crippen LogP contribution in [0.4, 0.5) is 0 Å². The Hall–Kier alpha value is -0.220. The molecular weight excluding hydrogens is 208 g/mol. The molecule has 2 aliphatic rings. The van der Waals surface area contributed by atoms with E-state index < -0.39 is 0 Å². The van der Waals surface area contributed by atoms with Gasteiger partial charge in [0.15, 0.2) is 0 Å². The molecule has 0 bridgehead atoms. The highest BCUT2D eigenvalue weighted by molar-refractivity contribution is 7.99. The molecule has 1 saturated carbocycles. The van der Waals surface area contributed by atoms with Crippen LogP contribution in [0.5, 0.6) is 0 Å². The van der Waals surface area contributed by atoms with Gasteiger partial charge in [0.2, 0.25) is 5.91 Å². The van der Waals surface area contributed by atoms with Crippen molar-refractivity contribution in [1.29, 1.82) is 0 Å². The summed E-state index contributed by atoms with van der Waals surface area (Å²) in [5, 5.41) is 6.48. The topological polar surface area (TPSA) is 41.1 Å². The summed E-state index contributed by atoms with van der Waals surface area (Å²) in [6, 6.07) is 1.16. The molecule has 0 unspecified atom stereocenters. The van der Waals surface area contributed by atoms with Gasteiger partial charge in [0.05, 0.1) is 0 Å². The van der Waals surface area contributed by atoms with E-state index in [0.717, 1.165) is 19.4 Å². The fourth-order valence-electron chi connectivity index (χ4n) is 1.82. The van der Waals surface area contributed by atoms with Crippen molar-refractivity contribution in [2.75, 3.05) is 18.1 Å². The van der Waals surface area contributed by atoms with Crippen LogP contribution in [0.15, 0.2) is 0 Å². The summed E-state index contributed by atoms with van der Waals surface area (Å²) in [6.07, 6.45) is 5.52. The third-order valence-corrected chi connectivity index (χ3v) is 4.00. The molecular formula is C11H20N2OS. The van der Waals surface area contributed by atoms with Gasteiger partial charge in [0.25, 0.3) is 0 Å². The molecule has 1 heterocycles. The van der Waals surface area contributed by atoms with Gasteiger partial charge in [0, 0.05) is 25.0 Å². The highest BCUT2D eigenvalue weighted by Gasteiger charge is 2.20. The van der Waals surface area contributed by atoms with E-state index in [0.29, 0.717) is 18.5 Å². The molecule has 2 rings (SSSR count). The Morgan fingerprint density at radius 1 is 1.13 bits per heavy atom. The molecule has 0 atom stereocenters. The van der Waals surface area contributed by atoms with Crippen molar-refractivity contribution in [2.45, 2.75) is 44.2 Å². The highest BCUT2D eigenvalue weighted by Crippen LogP contribution is 2.18. The van der Waals surface area contributed by atoms with Crippen LogP contribution in [-0.4, -0.2) is 36.0 Å². The average molecular weight is 228 g/mol. The number of carbonyl (C=O) groups excluding carboxylic acids is 1. The number of hydrogen-bond donors (Lipinski definition) is 2. The predicted molar refractivity (Wildman–Crippen MR) is 64.1 cm³/mol. The minimum atomic E-state index is 0.222. The van der Waals surface area contributed by atoms with Gasteiger partial charge in [-0.05, 0) is 37.2 Å². The molecule has 2 N–H and O–H groups in total. The molecule has 15 heavy (non-hydrogen) atoms. The van der Waals surface area contributed by atoms with Crippen LogP contribution in [0, 0.1) is 0 Å². The van der Waals surface area contributed by atoms with Crippen LogP contribution in [0.2, 0.25) is 0 Å². The van der Waals surface area contributed by atoms with Crippen LogP contribution in [0.25, 0.3) is 0 Å². The summed E-state index contributed by atoms with van der Waals surface area (Å²) in [7, 11) is 0. The van der Waals surface area contributed by atoms with E-state index in [2.05, 4.69) is 10.6 Å². The molecule has 1 saturated heterocycles. The number of rotatable bonds is 5. The lowest BCUT2D eigenvalue weighted by atomic mass is 10.1. The van der Waals surface area contributed by atoms with Gasteiger partial charge in [-0.2, -0.15) is 11.8 Å². The van der Waals surface area contributed by atoms with Crippen molar-refractivity contribution in [3.05, 3.63) is 0 Å². The molecule has 3 nitrogen and oxygen atoms in total. The lowest BCUT2D eigenvalue weighted by molar-refractivity contribution is -0.121. The quantitative estimate of drug-likeness (QED) is 0.741. The molecule has 0 aromatic carbocycles. The first-order chi connectivity index (χ1) is 7.34. The minimum Gasteiger partial charge on any atom is -0.353 e. The lowest BCUT2D eigenvalue weighted by Crippen LogP contribution is -2.38. The first-order valence-electron chi connectivity index (χ1n) is 5.95. The molecule has 0 spiro atoms. The molecule has 1 aliphatic carbocycles. The Morgan fingerprint density at radius 2 is 1.87 bits per heavy atom. The van der Waals surface area contributed by atoms with Gasteiger partial charge < -0.3 is 10.6 Å². The molecule has 1 amide bonds. The summed E-state index contributed by atoms with van der Waals surface area (Å²) in [6.45, 7) is 0.845. The van der Waals surface area contributed by atoms with Crippen molar-refractivity contribution in [3.8, 4) is 0 Å². The minimum absolute atomic E-state index is 0.222. The standard InChI is InChI=1S/C11H20N2OS/c14-11(3-6-12-9-1-2-9)13-10-4-7-15-8-5-10/h9-10,12H,1-8H2,(H,13,14). The Morgan fingerprint density at radius 3 is 2.53 bits per heavy atom. The van der Waals surface area contributed by atoms with E-state index in [4.69, 9.17) is 0 Å². The van der Waals surface area contributed by atoms with E-state index in [1.54, 1.807) is 0 Å². The van der Waals surface area contributed by atoms with E-state index in [9.17, 15) is 4.79 Å². The number of hydrogen-bond acceptors (Lipinski definition) is 3. The summed E-state index contributed by atoms with van der Waals surface area (Å²) in [5.41, 5.74) is 0. The Labute approximate surface area is 95.8 Å². The second-order valence-electron chi connectivity index (χ2n) is 4.43. The molecule has 86 valence electrons. The maximum Gasteiger partial charge on any atom is 0.221 e. The monoisotopic (exact) mass is 228 g/mol. The average Bonchev–Trinajstić information content (AvgIpc) is 3.03. The number of amides is 1. The first kappa shape index (κ1) is 11.3. The smallest absolute Gasteiger partial charge is 0.221 e. The van der Waals surface area contributed by atoms with Crippen LogP contribution in [-0.2, 0) is 4.79 Å². The fourth-order valence-corrected chi connectivity index (χ4v) is 2.93. The predicted octanol–water partition coefficient (Wildman–Crippen LogP) is 1.14. The molecule has 4 heteroatoms. The SMILES string of the molecule is O=C(CCNC1CC1)NC1CCSCC1. The molecule has 0 radical (unpaired) electrons. The largest absolute Gasteiger partial charge is 0.353 e. The normalized spacial score (nSPS) is 22.7. The van der Waals surface area contributed by atoms with Crippen molar-refractivity contribution in [2.24, 2.45) is 0 Å². The maximum absolute atomic E-state index is 11.6. The van der Waals surface area contributed by atoms with E-state index in [1.807, 2.05) is 11.8 Å². The second-order valence-corrected chi connectivity index (χ2v) is 5.66. The second kappa shape index (κ2) is 5.75. The van der Waals surface area contributed by atoms with E-state index >= 15 is 0 Å².